The molecule has 1 atom stereocenters. The minimum atomic E-state index is -0.620. The largest absolute Gasteiger partial charge is 0.334 e. The highest BCUT2D eigenvalue weighted by atomic mass is 80.0. The third-order valence-electron chi connectivity index (χ3n) is 2.22. The van der Waals surface area contributed by atoms with Gasteiger partial charge in [-0.15, -0.1) is 0 Å². The molecular weight excluding hydrogens is 440 g/mol. The molecule has 0 fully saturated rings. The van der Waals surface area contributed by atoms with Gasteiger partial charge < -0.3 is 5.32 Å². The Kier molecular flexibility index (Phi) is 6.04. The Morgan fingerprint density at radius 2 is 1.63 bits per heavy atom. The van der Waals surface area contributed by atoms with Gasteiger partial charge >= 0.3 is 0 Å². The average molecular weight is 457 g/mol. The van der Waals surface area contributed by atoms with E-state index in [9.17, 15) is 4.79 Å². The molecule has 1 amide bonds. The van der Waals surface area contributed by atoms with E-state index in [2.05, 4.69) is 58.4 Å². The van der Waals surface area contributed by atoms with Crippen molar-refractivity contribution in [1.82, 2.24) is 10.6 Å². The summed E-state index contributed by atoms with van der Waals surface area (Å²) in [5.74, 6) is -0.134. The van der Waals surface area contributed by atoms with Crippen molar-refractivity contribution >= 4 is 53.7 Å². The van der Waals surface area contributed by atoms with Crippen LogP contribution in [0.4, 0.5) is 0 Å². The number of alkyl halides is 3. The molecule has 6 heteroatoms. The lowest BCUT2D eigenvalue weighted by Crippen LogP contribution is -2.58. The summed E-state index contributed by atoms with van der Waals surface area (Å²) in [5, 5.41) is 6.26. The minimum absolute atomic E-state index is 0.134. The Labute approximate surface area is 139 Å². The minimum Gasteiger partial charge on any atom is -0.334 e. The van der Waals surface area contributed by atoms with Crippen molar-refractivity contribution in [2.75, 3.05) is 0 Å². The van der Waals surface area contributed by atoms with Gasteiger partial charge in [0.1, 0.15) is 6.17 Å². The van der Waals surface area contributed by atoms with Gasteiger partial charge in [0.2, 0.25) is 0 Å². The van der Waals surface area contributed by atoms with E-state index in [-0.39, 0.29) is 17.6 Å². The Balaban J connectivity index is 2.82. The normalized spacial score (nSPS) is 14.0. The molecule has 0 heterocycles. The Bertz CT molecular complexity index is 424. The molecule has 0 aromatic heterocycles. The lowest BCUT2D eigenvalue weighted by molar-refractivity contribution is 0.0925. The number of carbonyl (C=O) groups excluding carboxylic acids is 1. The van der Waals surface area contributed by atoms with Gasteiger partial charge in [-0.2, -0.15) is 0 Å². The van der Waals surface area contributed by atoms with Gasteiger partial charge in [0.25, 0.3) is 5.91 Å². The molecule has 0 aliphatic rings. The van der Waals surface area contributed by atoms with E-state index in [0.29, 0.717) is 5.56 Å². The van der Waals surface area contributed by atoms with Crippen molar-refractivity contribution in [3.05, 3.63) is 35.9 Å². The van der Waals surface area contributed by atoms with Gasteiger partial charge in [-0.25, -0.2) is 0 Å². The van der Waals surface area contributed by atoms with Crippen LogP contribution in [0.1, 0.15) is 31.1 Å². The fourth-order valence-corrected chi connectivity index (χ4v) is 2.12. The van der Waals surface area contributed by atoms with E-state index in [4.69, 9.17) is 0 Å². The van der Waals surface area contributed by atoms with E-state index in [0.717, 1.165) is 0 Å². The van der Waals surface area contributed by atoms with Gasteiger partial charge in [0.15, 0.2) is 2.14 Å². The van der Waals surface area contributed by atoms with Crippen molar-refractivity contribution in [2.45, 2.75) is 34.6 Å². The summed E-state index contributed by atoms with van der Waals surface area (Å²) in [5.41, 5.74) is 0.481. The second kappa shape index (κ2) is 6.70. The molecule has 0 saturated carbocycles. The molecular formula is C13H17Br3N2O. The number of rotatable bonds is 3. The van der Waals surface area contributed by atoms with Crippen molar-refractivity contribution in [2.24, 2.45) is 0 Å². The third-order valence-corrected chi connectivity index (χ3v) is 3.59. The quantitative estimate of drug-likeness (QED) is 0.533. The van der Waals surface area contributed by atoms with Crippen LogP contribution in [-0.4, -0.2) is 19.8 Å². The molecule has 0 bridgehead atoms. The number of carbonyl (C=O) groups is 1. The summed E-state index contributed by atoms with van der Waals surface area (Å²) < 4.78 is -0.620. The molecule has 3 nitrogen and oxygen atoms in total. The summed E-state index contributed by atoms with van der Waals surface area (Å²) >= 11 is 10.4. The standard InChI is InChI=1S/C13H17Br3N2O/c1-12(2,3)18-11(13(14,15)16)17-10(19)9-7-5-4-6-8-9/h4-8,11,18H,1-3H3,(H,17,19)/t11-/m0/s1. The predicted octanol–water partition coefficient (Wildman–Crippen LogP) is 3.97. The second-order valence-electron chi connectivity index (χ2n) is 5.21. The van der Waals surface area contributed by atoms with Crippen LogP contribution in [0.5, 0.6) is 0 Å². The third kappa shape index (κ3) is 6.38. The Morgan fingerprint density at radius 3 is 2.05 bits per heavy atom. The van der Waals surface area contributed by atoms with Gasteiger partial charge in [-0.05, 0) is 32.9 Å². The van der Waals surface area contributed by atoms with Gasteiger partial charge in [-0.1, -0.05) is 66.0 Å². The van der Waals surface area contributed by atoms with Gasteiger partial charge in [-0.3, -0.25) is 10.1 Å². The summed E-state index contributed by atoms with van der Waals surface area (Å²) in [6.07, 6.45) is -0.333. The summed E-state index contributed by atoms with van der Waals surface area (Å²) in [4.78, 5) is 12.2. The molecule has 0 aliphatic carbocycles. The average Bonchev–Trinajstić information content (AvgIpc) is 2.26. The molecule has 0 spiro atoms. The van der Waals surface area contributed by atoms with Crippen molar-refractivity contribution in [3.63, 3.8) is 0 Å². The number of benzene rings is 1. The van der Waals surface area contributed by atoms with E-state index in [1.54, 1.807) is 12.1 Å². The van der Waals surface area contributed by atoms with Crippen molar-refractivity contribution < 1.29 is 4.79 Å². The number of amides is 1. The smallest absolute Gasteiger partial charge is 0.252 e. The fourth-order valence-electron chi connectivity index (χ4n) is 1.44. The second-order valence-corrected chi connectivity index (χ2v) is 12.2. The fraction of sp³-hybridized carbons (Fsp3) is 0.462. The lowest BCUT2D eigenvalue weighted by atomic mass is 10.1. The van der Waals surface area contributed by atoms with Crippen LogP contribution in [0.25, 0.3) is 0 Å². The maximum atomic E-state index is 12.2. The Morgan fingerprint density at radius 1 is 1.11 bits per heavy atom. The maximum Gasteiger partial charge on any atom is 0.252 e. The number of hydrogen-bond donors (Lipinski definition) is 2. The first-order chi connectivity index (χ1) is 8.59. The maximum absolute atomic E-state index is 12.2. The van der Waals surface area contributed by atoms with Crippen LogP contribution in [0.2, 0.25) is 0 Å². The van der Waals surface area contributed by atoms with Crippen LogP contribution in [-0.2, 0) is 0 Å². The van der Waals surface area contributed by atoms with Crippen LogP contribution in [0, 0.1) is 0 Å². The van der Waals surface area contributed by atoms with Gasteiger partial charge in [0, 0.05) is 11.1 Å². The number of nitrogens with one attached hydrogen (secondary N) is 2. The van der Waals surface area contributed by atoms with Crippen molar-refractivity contribution in [3.8, 4) is 0 Å². The molecule has 2 N–H and O–H groups in total. The van der Waals surface area contributed by atoms with Gasteiger partial charge in [0.05, 0.1) is 0 Å². The first-order valence-corrected chi connectivity index (χ1v) is 8.18. The van der Waals surface area contributed by atoms with Crippen LogP contribution in [0.15, 0.2) is 30.3 Å². The molecule has 1 rings (SSSR count). The lowest BCUT2D eigenvalue weighted by Gasteiger charge is -2.34. The summed E-state index contributed by atoms with van der Waals surface area (Å²) in [6, 6.07) is 9.12. The molecule has 0 saturated heterocycles. The monoisotopic (exact) mass is 454 g/mol. The Hall–Kier alpha value is 0.0900. The summed E-state index contributed by atoms with van der Waals surface area (Å²) in [7, 11) is 0. The van der Waals surface area contributed by atoms with E-state index >= 15 is 0 Å². The molecule has 0 radical (unpaired) electrons. The zero-order chi connectivity index (χ0) is 14.7. The molecule has 1 aromatic carbocycles. The SMILES string of the molecule is CC(C)(C)N[C@H](NC(=O)c1ccccc1)C(Br)(Br)Br. The van der Waals surface area contributed by atoms with Crippen LogP contribution in [0.3, 0.4) is 0 Å². The first-order valence-electron chi connectivity index (χ1n) is 5.80. The highest BCUT2D eigenvalue weighted by molar-refractivity contribution is 9.39. The predicted molar refractivity (Wildman–Crippen MR) is 90.1 cm³/mol. The molecule has 106 valence electrons. The number of halogens is 3. The topological polar surface area (TPSA) is 41.1 Å². The van der Waals surface area contributed by atoms with E-state index in [1.165, 1.54) is 0 Å². The molecule has 0 unspecified atom stereocenters. The van der Waals surface area contributed by atoms with E-state index < -0.39 is 2.14 Å². The molecule has 0 aliphatic heterocycles. The highest BCUT2D eigenvalue weighted by Crippen LogP contribution is 2.36. The van der Waals surface area contributed by atoms with E-state index in [1.807, 2.05) is 39.0 Å². The number of hydrogen-bond acceptors (Lipinski definition) is 2. The van der Waals surface area contributed by atoms with Crippen LogP contribution >= 0.6 is 47.8 Å². The van der Waals surface area contributed by atoms with Crippen molar-refractivity contribution in [1.29, 1.82) is 0 Å². The van der Waals surface area contributed by atoms with Crippen LogP contribution < -0.4 is 10.6 Å². The molecule has 1 aromatic rings. The zero-order valence-electron chi connectivity index (χ0n) is 11.0. The highest BCUT2D eigenvalue weighted by Gasteiger charge is 2.34. The molecule has 19 heavy (non-hydrogen) atoms. The zero-order valence-corrected chi connectivity index (χ0v) is 15.8. The summed E-state index contributed by atoms with van der Waals surface area (Å²) in [6.45, 7) is 6.11. The first kappa shape index (κ1) is 17.1.